The molecule has 2 amide bonds. The average Bonchev–Trinajstić information content (AvgIpc) is 3.33. The molecule has 2 heterocycles. The minimum Gasteiger partial charge on any atom is -0.385 e. The van der Waals surface area contributed by atoms with E-state index < -0.39 is 0 Å². The van der Waals surface area contributed by atoms with Gasteiger partial charge in [0.25, 0.3) is 5.91 Å². The first-order valence-electron chi connectivity index (χ1n) is 11.9. The zero-order valence-corrected chi connectivity index (χ0v) is 19.7. The zero-order valence-electron chi connectivity index (χ0n) is 19.7. The van der Waals surface area contributed by atoms with E-state index in [2.05, 4.69) is 5.32 Å². The first-order chi connectivity index (χ1) is 16.7. The Kier molecular flexibility index (Phi) is 8.09. The number of carbonyl (C=O) groups excluding carboxylic acids is 2. The summed E-state index contributed by atoms with van der Waals surface area (Å²) >= 11 is 0. The van der Waals surface area contributed by atoms with E-state index in [4.69, 9.17) is 9.84 Å². The molecule has 0 saturated carbocycles. The Hall–Kier alpha value is -3.45. The Morgan fingerprint density at radius 1 is 1.03 bits per heavy atom. The summed E-state index contributed by atoms with van der Waals surface area (Å²) in [6, 6.07) is 19.6. The van der Waals surface area contributed by atoms with Crippen LogP contribution in [-0.4, -0.2) is 59.8 Å². The van der Waals surface area contributed by atoms with Gasteiger partial charge in [-0.15, -0.1) is 0 Å². The Bertz CT molecular complexity index is 1070. The number of para-hydroxylation sites is 1. The van der Waals surface area contributed by atoms with Crippen LogP contribution in [0.4, 0.5) is 0 Å². The number of benzene rings is 2. The second kappa shape index (κ2) is 11.6. The number of piperidine rings is 1. The number of ether oxygens (including phenoxy) is 1. The van der Waals surface area contributed by atoms with Crippen molar-refractivity contribution < 1.29 is 14.3 Å². The lowest BCUT2D eigenvalue weighted by Gasteiger charge is -2.31. The van der Waals surface area contributed by atoms with Crippen LogP contribution < -0.4 is 5.32 Å². The van der Waals surface area contributed by atoms with Crippen molar-refractivity contribution in [1.29, 1.82) is 0 Å². The fourth-order valence-electron chi connectivity index (χ4n) is 4.34. The van der Waals surface area contributed by atoms with Crippen molar-refractivity contribution >= 4 is 11.8 Å². The number of hydrogen-bond acceptors (Lipinski definition) is 4. The Morgan fingerprint density at radius 2 is 1.71 bits per heavy atom. The Balaban J connectivity index is 1.43. The van der Waals surface area contributed by atoms with Crippen LogP contribution >= 0.6 is 0 Å². The van der Waals surface area contributed by atoms with Crippen LogP contribution in [0.1, 0.15) is 36.0 Å². The maximum Gasteiger partial charge on any atom is 0.257 e. The van der Waals surface area contributed by atoms with Crippen molar-refractivity contribution in [2.75, 3.05) is 33.4 Å². The number of methoxy groups -OCH3 is 1. The molecule has 7 heteroatoms. The summed E-state index contributed by atoms with van der Waals surface area (Å²) in [5, 5.41) is 7.73. The van der Waals surface area contributed by atoms with Gasteiger partial charge in [0.1, 0.15) is 5.69 Å². The van der Waals surface area contributed by atoms with Gasteiger partial charge in [0, 0.05) is 51.5 Å². The highest BCUT2D eigenvalue weighted by Crippen LogP contribution is 2.27. The van der Waals surface area contributed by atoms with E-state index in [1.165, 1.54) is 0 Å². The standard InChI is InChI=1S/C27H32N4O3/c1-34-18-8-15-28-25(32)19-21-13-16-30(17-14-21)27(33)24-20-31(23-11-6-3-7-12-23)29-26(24)22-9-4-2-5-10-22/h2-7,9-12,20-21H,8,13-19H2,1H3,(H,28,32). The number of aromatic nitrogens is 2. The van der Waals surface area contributed by atoms with E-state index in [9.17, 15) is 9.59 Å². The summed E-state index contributed by atoms with van der Waals surface area (Å²) in [4.78, 5) is 27.7. The normalized spacial score (nSPS) is 14.2. The molecule has 0 unspecified atom stereocenters. The number of carbonyl (C=O) groups is 2. The predicted molar refractivity (Wildman–Crippen MR) is 132 cm³/mol. The molecule has 0 aliphatic carbocycles. The molecule has 1 aliphatic heterocycles. The molecule has 0 radical (unpaired) electrons. The highest BCUT2D eigenvalue weighted by Gasteiger charge is 2.28. The SMILES string of the molecule is COCCCNC(=O)CC1CCN(C(=O)c2cn(-c3ccccc3)nc2-c2ccccc2)CC1. The van der Waals surface area contributed by atoms with E-state index in [-0.39, 0.29) is 11.8 Å². The quantitative estimate of drug-likeness (QED) is 0.491. The van der Waals surface area contributed by atoms with Gasteiger partial charge in [-0.25, -0.2) is 4.68 Å². The molecule has 4 rings (SSSR count). The van der Waals surface area contributed by atoms with Gasteiger partial charge in [0.15, 0.2) is 0 Å². The third kappa shape index (κ3) is 5.91. The van der Waals surface area contributed by atoms with E-state index in [0.717, 1.165) is 30.5 Å². The van der Waals surface area contributed by atoms with Crippen molar-refractivity contribution in [3.05, 3.63) is 72.4 Å². The Labute approximate surface area is 200 Å². The summed E-state index contributed by atoms with van der Waals surface area (Å²) in [6.07, 6.45) is 4.81. The van der Waals surface area contributed by atoms with E-state index in [0.29, 0.717) is 49.8 Å². The van der Waals surface area contributed by atoms with Crippen LogP contribution in [0, 0.1) is 5.92 Å². The highest BCUT2D eigenvalue weighted by molar-refractivity contribution is 6.00. The molecule has 1 saturated heterocycles. The van der Waals surface area contributed by atoms with Gasteiger partial charge < -0.3 is 15.0 Å². The maximum absolute atomic E-state index is 13.6. The van der Waals surface area contributed by atoms with Crippen molar-refractivity contribution in [3.63, 3.8) is 0 Å². The molecule has 178 valence electrons. The molecule has 7 nitrogen and oxygen atoms in total. The van der Waals surface area contributed by atoms with Crippen molar-refractivity contribution in [3.8, 4) is 16.9 Å². The molecule has 0 bridgehead atoms. The Morgan fingerprint density at radius 3 is 2.38 bits per heavy atom. The van der Waals surface area contributed by atoms with Gasteiger partial charge >= 0.3 is 0 Å². The summed E-state index contributed by atoms with van der Waals surface area (Å²) in [5.74, 6) is 0.368. The van der Waals surface area contributed by atoms with E-state index in [1.807, 2.05) is 71.8 Å². The molecule has 2 aromatic carbocycles. The van der Waals surface area contributed by atoms with Crippen LogP contribution in [-0.2, 0) is 9.53 Å². The molecule has 1 aromatic heterocycles. The van der Waals surface area contributed by atoms with E-state index in [1.54, 1.807) is 11.8 Å². The van der Waals surface area contributed by atoms with Gasteiger partial charge in [-0.3, -0.25) is 9.59 Å². The lowest BCUT2D eigenvalue weighted by atomic mass is 9.92. The van der Waals surface area contributed by atoms with Gasteiger partial charge in [-0.1, -0.05) is 48.5 Å². The van der Waals surface area contributed by atoms with Crippen molar-refractivity contribution in [1.82, 2.24) is 20.0 Å². The van der Waals surface area contributed by atoms with Crippen LogP contribution in [0.15, 0.2) is 66.9 Å². The monoisotopic (exact) mass is 460 g/mol. The summed E-state index contributed by atoms with van der Waals surface area (Å²) in [6.45, 7) is 2.57. The van der Waals surface area contributed by atoms with Crippen LogP contribution in [0.5, 0.6) is 0 Å². The minimum absolute atomic E-state index is 0.0106. The molecule has 34 heavy (non-hydrogen) atoms. The summed E-state index contributed by atoms with van der Waals surface area (Å²) in [7, 11) is 1.66. The van der Waals surface area contributed by atoms with Crippen LogP contribution in [0.25, 0.3) is 16.9 Å². The second-order valence-electron chi connectivity index (χ2n) is 8.67. The largest absolute Gasteiger partial charge is 0.385 e. The third-order valence-corrected chi connectivity index (χ3v) is 6.24. The van der Waals surface area contributed by atoms with Crippen LogP contribution in [0.2, 0.25) is 0 Å². The molecular formula is C27H32N4O3. The number of rotatable bonds is 9. The average molecular weight is 461 g/mol. The summed E-state index contributed by atoms with van der Waals surface area (Å²) < 4.78 is 6.79. The predicted octanol–water partition coefficient (Wildman–Crippen LogP) is 3.93. The van der Waals surface area contributed by atoms with Crippen molar-refractivity contribution in [2.24, 2.45) is 5.92 Å². The zero-order chi connectivity index (χ0) is 23.8. The molecule has 0 atom stereocenters. The molecule has 0 spiro atoms. The van der Waals surface area contributed by atoms with Gasteiger partial charge in [0.2, 0.25) is 5.91 Å². The summed E-state index contributed by atoms with van der Waals surface area (Å²) in [5.41, 5.74) is 3.12. The molecule has 1 fully saturated rings. The number of nitrogens with one attached hydrogen (secondary N) is 1. The number of nitrogens with zero attached hydrogens (tertiary/aromatic N) is 3. The number of amides is 2. The number of hydrogen-bond donors (Lipinski definition) is 1. The fourth-order valence-corrected chi connectivity index (χ4v) is 4.34. The van der Waals surface area contributed by atoms with Gasteiger partial charge in [0.05, 0.1) is 11.3 Å². The highest BCUT2D eigenvalue weighted by atomic mass is 16.5. The molecular weight excluding hydrogens is 428 g/mol. The first kappa shape index (κ1) is 23.7. The third-order valence-electron chi connectivity index (χ3n) is 6.24. The molecule has 1 N–H and O–H groups in total. The number of likely N-dealkylation sites (tertiary alicyclic amines) is 1. The minimum atomic E-state index is -0.0106. The fraction of sp³-hybridized carbons (Fsp3) is 0.370. The van der Waals surface area contributed by atoms with Crippen molar-refractivity contribution in [2.45, 2.75) is 25.7 Å². The maximum atomic E-state index is 13.6. The second-order valence-corrected chi connectivity index (χ2v) is 8.67. The first-order valence-corrected chi connectivity index (χ1v) is 11.9. The van der Waals surface area contributed by atoms with E-state index >= 15 is 0 Å². The molecule has 1 aliphatic rings. The lowest BCUT2D eigenvalue weighted by molar-refractivity contribution is -0.122. The lowest BCUT2D eigenvalue weighted by Crippen LogP contribution is -2.39. The molecule has 3 aromatic rings. The smallest absolute Gasteiger partial charge is 0.257 e. The topological polar surface area (TPSA) is 76.5 Å². The van der Waals surface area contributed by atoms with Crippen LogP contribution in [0.3, 0.4) is 0 Å². The van der Waals surface area contributed by atoms with Gasteiger partial charge in [-0.2, -0.15) is 5.10 Å². The van der Waals surface area contributed by atoms with Gasteiger partial charge in [-0.05, 0) is 37.3 Å².